The first-order valence-electron chi connectivity index (χ1n) is 5.41. The van der Waals surface area contributed by atoms with Gasteiger partial charge in [0.25, 0.3) is 0 Å². The van der Waals surface area contributed by atoms with E-state index in [1.165, 1.54) is 7.05 Å². The standard InChI is InChI=1S/C10H17F3N2O2/c1-15(4-3-10(11,12)13)9(16)8-5-7(17-2)6-14-8/h7-8,14H,3-6H2,1-2H3. The highest BCUT2D eigenvalue weighted by Crippen LogP contribution is 2.20. The molecular formula is C10H17F3N2O2. The smallest absolute Gasteiger partial charge is 0.380 e. The molecule has 100 valence electrons. The Balaban J connectivity index is 2.37. The van der Waals surface area contributed by atoms with Crippen LogP contribution < -0.4 is 5.32 Å². The Morgan fingerprint density at radius 2 is 2.18 bits per heavy atom. The number of halogens is 3. The summed E-state index contributed by atoms with van der Waals surface area (Å²) in [6.45, 7) is 0.248. The Hall–Kier alpha value is -0.820. The van der Waals surface area contributed by atoms with E-state index < -0.39 is 18.6 Å². The van der Waals surface area contributed by atoms with Crippen molar-refractivity contribution in [3.05, 3.63) is 0 Å². The summed E-state index contributed by atoms with van der Waals surface area (Å²) in [7, 11) is 2.93. The minimum Gasteiger partial charge on any atom is -0.380 e. The first-order chi connectivity index (χ1) is 7.83. The predicted molar refractivity (Wildman–Crippen MR) is 55.5 cm³/mol. The lowest BCUT2D eigenvalue weighted by Gasteiger charge is -2.21. The molecule has 1 rings (SSSR count). The van der Waals surface area contributed by atoms with Crippen LogP contribution in [0, 0.1) is 0 Å². The molecule has 0 aromatic heterocycles. The molecule has 7 heteroatoms. The molecule has 0 spiro atoms. The molecule has 0 aromatic carbocycles. The summed E-state index contributed by atoms with van der Waals surface area (Å²) in [5.41, 5.74) is 0. The number of hydrogen-bond acceptors (Lipinski definition) is 3. The number of alkyl halides is 3. The van der Waals surface area contributed by atoms with Gasteiger partial charge in [0.1, 0.15) is 0 Å². The summed E-state index contributed by atoms with van der Waals surface area (Å²) in [5, 5.41) is 2.94. The molecule has 2 unspecified atom stereocenters. The van der Waals surface area contributed by atoms with E-state index >= 15 is 0 Å². The van der Waals surface area contributed by atoms with E-state index in [1.807, 2.05) is 0 Å². The molecule has 1 amide bonds. The van der Waals surface area contributed by atoms with Gasteiger partial charge in [-0.2, -0.15) is 13.2 Å². The predicted octanol–water partition coefficient (Wildman–Crippen LogP) is 0.774. The average Bonchev–Trinajstić information content (AvgIpc) is 2.72. The molecule has 1 aliphatic heterocycles. The van der Waals surface area contributed by atoms with E-state index in [9.17, 15) is 18.0 Å². The molecule has 0 aromatic rings. The Morgan fingerprint density at radius 1 is 1.53 bits per heavy atom. The van der Waals surface area contributed by atoms with Crippen LogP contribution >= 0.6 is 0 Å². The van der Waals surface area contributed by atoms with Gasteiger partial charge < -0.3 is 15.0 Å². The van der Waals surface area contributed by atoms with E-state index in [2.05, 4.69) is 5.32 Å². The van der Waals surface area contributed by atoms with E-state index in [0.29, 0.717) is 13.0 Å². The normalized spacial score (nSPS) is 25.0. The van der Waals surface area contributed by atoms with Gasteiger partial charge in [-0.25, -0.2) is 0 Å². The maximum atomic E-state index is 12.0. The number of likely N-dealkylation sites (N-methyl/N-ethyl adjacent to an activating group) is 1. The number of nitrogens with zero attached hydrogens (tertiary/aromatic N) is 1. The van der Waals surface area contributed by atoms with Crippen LogP contribution in [0.4, 0.5) is 13.2 Å². The number of amides is 1. The molecule has 0 radical (unpaired) electrons. The summed E-state index contributed by atoms with van der Waals surface area (Å²) in [6, 6.07) is -0.432. The zero-order valence-corrected chi connectivity index (χ0v) is 9.88. The molecule has 0 saturated carbocycles. The van der Waals surface area contributed by atoms with Crippen molar-refractivity contribution in [3.8, 4) is 0 Å². The molecule has 1 saturated heterocycles. The fourth-order valence-corrected chi connectivity index (χ4v) is 1.74. The fourth-order valence-electron chi connectivity index (χ4n) is 1.74. The Morgan fingerprint density at radius 3 is 2.65 bits per heavy atom. The van der Waals surface area contributed by atoms with Crippen molar-refractivity contribution < 1.29 is 22.7 Å². The molecule has 17 heavy (non-hydrogen) atoms. The third-order valence-electron chi connectivity index (χ3n) is 2.83. The van der Waals surface area contributed by atoms with E-state index in [0.717, 1.165) is 4.90 Å². The Kier molecular flexibility index (Phi) is 4.76. The third-order valence-corrected chi connectivity index (χ3v) is 2.83. The van der Waals surface area contributed by atoms with Crippen LogP contribution in [0.1, 0.15) is 12.8 Å². The van der Waals surface area contributed by atoms with E-state index in [4.69, 9.17) is 4.74 Å². The number of rotatable bonds is 4. The number of hydrogen-bond donors (Lipinski definition) is 1. The summed E-state index contributed by atoms with van der Waals surface area (Å²) < 4.78 is 41.1. The van der Waals surface area contributed by atoms with Crippen molar-refractivity contribution >= 4 is 5.91 Å². The first-order valence-corrected chi connectivity index (χ1v) is 5.41. The maximum Gasteiger partial charge on any atom is 0.390 e. The zero-order valence-electron chi connectivity index (χ0n) is 9.88. The largest absolute Gasteiger partial charge is 0.390 e. The second kappa shape index (κ2) is 5.68. The van der Waals surface area contributed by atoms with Gasteiger partial charge in [0.05, 0.1) is 18.6 Å². The Bertz CT molecular complexity index is 271. The van der Waals surface area contributed by atoms with Crippen LogP contribution in [0.15, 0.2) is 0 Å². The number of nitrogens with one attached hydrogen (secondary N) is 1. The summed E-state index contributed by atoms with van der Waals surface area (Å²) in [6.07, 6.45) is -4.74. The molecule has 0 aliphatic carbocycles. The fraction of sp³-hybridized carbons (Fsp3) is 0.900. The van der Waals surface area contributed by atoms with Crippen molar-refractivity contribution in [2.24, 2.45) is 0 Å². The minimum atomic E-state index is -4.23. The second-order valence-corrected chi connectivity index (χ2v) is 4.18. The second-order valence-electron chi connectivity index (χ2n) is 4.18. The first kappa shape index (κ1) is 14.2. The van der Waals surface area contributed by atoms with Crippen LogP contribution in [0.25, 0.3) is 0 Å². The van der Waals surface area contributed by atoms with Crippen LogP contribution in [-0.2, 0) is 9.53 Å². The van der Waals surface area contributed by atoms with E-state index in [-0.39, 0.29) is 18.6 Å². The molecule has 1 heterocycles. The van der Waals surface area contributed by atoms with Crippen LogP contribution in [0.3, 0.4) is 0 Å². The summed E-state index contributed by atoms with van der Waals surface area (Å²) in [5.74, 6) is -0.311. The van der Waals surface area contributed by atoms with Crippen molar-refractivity contribution in [2.75, 3.05) is 27.2 Å². The van der Waals surface area contributed by atoms with Crippen LogP contribution in [0.2, 0.25) is 0 Å². The SMILES string of the molecule is COC1CNC(C(=O)N(C)CCC(F)(F)F)C1. The highest BCUT2D eigenvalue weighted by atomic mass is 19.4. The number of methoxy groups -OCH3 is 1. The molecule has 1 aliphatic rings. The lowest BCUT2D eigenvalue weighted by molar-refractivity contribution is -0.145. The number of carbonyl (C=O) groups excluding carboxylic acids is 1. The van der Waals surface area contributed by atoms with Crippen molar-refractivity contribution in [3.63, 3.8) is 0 Å². The van der Waals surface area contributed by atoms with Gasteiger partial charge in [0, 0.05) is 27.2 Å². The van der Waals surface area contributed by atoms with Gasteiger partial charge in [-0.15, -0.1) is 0 Å². The lowest BCUT2D eigenvalue weighted by atomic mass is 10.2. The molecular weight excluding hydrogens is 237 g/mol. The van der Waals surface area contributed by atoms with Gasteiger partial charge in [0.2, 0.25) is 5.91 Å². The molecule has 4 nitrogen and oxygen atoms in total. The average molecular weight is 254 g/mol. The molecule has 0 bridgehead atoms. The van der Waals surface area contributed by atoms with Crippen molar-refractivity contribution in [1.29, 1.82) is 0 Å². The highest BCUT2D eigenvalue weighted by molar-refractivity contribution is 5.82. The monoisotopic (exact) mass is 254 g/mol. The minimum absolute atomic E-state index is 0.0417. The Labute approximate surface area is 98.1 Å². The topological polar surface area (TPSA) is 41.6 Å². The summed E-state index contributed by atoms with van der Waals surface area (Å²) >= 11 is 0. The number of carbonyl (C=O) groups is 1. The van der Waals surface area contributed by atoms with Gasteiger partial charge in [0.15, 0.2) is 0 Å². The lowest BCUT2D eigenvalue weighted by Crippen LogP contribution is -2.42. The van der Waals surface area contributed by atoms with Gasteiger partial charge in [-0.1, -0.05) is 0 Å². The van der Waals surface area contributed by atoms with Crippen molar-refractivity contribution in [2.45, 2.75) is 31.2 Å². The zero-order chi connectivity index (χ0) is 13.1. The van der Waals surface area contributed by atoms with Crippen LogP contribution in [0.5, 0.6) is 0 Å². The van der Waals surface area contributed by atoms with Gasteiger partial charge in [-0.3, -0.25) is 4.79 Å². The van der Waals surface area contributed by atoms with Gasteiger partial charge in [-0.05, 0) is 6.42 Å². The molecule has 2 atom stereocenters. The quantitative estimate of drug-likeness (QED) is 0.806. The molecule has 1 fully saturated rings. The number of ether oxygens (including phenoxy) is 1. The molecule has 1 N–H and O–H groups in total. The highest BCUT2D eigenvalue weighted by Gasteiger charge is 2.33. The van der Waals surface area contributed by atoms with Crippen molar-refractivity contribution in [1.82, 2.24) is 10.2 Å². The summed E-state index contributed by atoms with van der Waals surface area (Å²) in [4.78, 5) is 12.9. The van der Waals surface area contributed by atoms with E-state index in [1.54, 1.807) is 7.11 Å². The van der Waals surface area contributed by atoms with Crippen LogP contribution in [-0.4, -0.2) is 56.4 Å². The van der Waals surface area contributed by atoms with Gasteiger partial charge >= 0.3 is 6.18 Å². The third kappa shape index (κ3) is 4.51. The maximum absolute atomic E-state index is 12.0.